The van der Waals surface area contributed by atoms with Gasteiger partial charge in [-0.1, -0.05) is 24.3 Å². The van der Waals surface area contributed by atoms with Crippen molar-refractivity contribution in [3.05, 3.63) is 35.4 Å². The predicted molar refractivity (Wildman–Crippen MR) is 75.9 cm³/mol. The van der Waals surface area contributed by atoms with E-state index in [4.69, 9.17) is 4.74 Å². The van der Waals surface area contributed by atoms with E-state index in [0.717, 1.165) is 13.0 Å². The van der Waals surface area contributed by atoms with Crippen LogP contribution in [0.2, 0.25) is 0 Å². The molecule has 2 rings (SSSR count). The van der Waals surface area contributed by atoms with Crippen molar-refractivity contribution in [1.82, 2.24) is 5.32 Å². The molecule has 2 heteroatoms. The van der Waals surface area contributed by atoms with E-state index in [2.05, 4.69) is 43.6 Å². The lowest BCUT2D eigenvalue weighted by molar-refractivity contribution is 0.0998. The van der Waals surface area contributed by atoms with Crippen LogP contribution in [-0.2, 0) is 11.2 Å². The molecular weight excluding hydrogens is 222 g/mol. The molecule has 1 aromatic rings. The van der Waals surface area contributed by atoms with E-state index in [1.807, 2.05) is 0 Å². The van der Waals surface area contributed by atoms with Gasteiger partial charge in [0.05, 0.1) is 6.10 Å². The first-order valence-electron chi connectivity index (χ1n) is 7.13. The van der Waals surface area contributed by atoms with E-state index in [1.54, 1.807) is 0 Å². The van der Waals surface area contributed by atoms with Gasteiger partial charge in [0.15, 0.2) is 0 Å². The van der Waals surface area contributed by atoms with E-state index in [9.17, 15) is 0 Å². The summed E-state index contributed by atoms with van der Waals surface area (Å²) in [4.78, 5) is 0. The molecule has 0 amide bonds. The molecule has 1 N–H and O–H groups in total. The summed E-state index contributed by atoms with van der Waals surface area (Å²) in [5.74, 6) is 0. The monoisotopic (exact) mass is 247 g/mol. The van der Waals surface area contributed by atoms with Crippen LogP contribution >= 0.6 is 0 Å². The lowest BCUT2D eigenvalue weighted by atomic mass is 9.97. The van der Waals surface area contributed by atoms with E-state index in [-0.39, 0.29) is 0 Å². The molecule has 1 heterocycles. The molecule has 2 atom stereocenters. The second-order valence-corrected chi connectivity index (χ2v) is 5.33. The van der Waals surface area contributed by atoms with Crippen molar-refractivity contribution in [1.29, 1.82) is 0 Å². The summed E-state index contributed by atoms with van der Waals surface area (Å²) in [6.07, 6.45) is 6.52. The Morgan fingerprint density at radius 2 is 2.22 bits per heavy atom. The van der Waals surface area contributed by atoms with Crippen LogP contribution in [0, 0.1) is 6.92 Å². The fraction of sp³-hybridized carbons (Fsp3) is 0.625. The molecule has 1 aliphatic heterocycles. The molecule has 1 aromatic carbocycles. The Bertz CT molecular complexity index is 358. The van der Waals surface area contributed by atoms with E-state index in [1.165, 1.54) is 36.8 Å². The average molecular weight is 247 g/mol. The second kappa shape index (κ2) is 6.91. The van der Waals surface area contributed by atoms with Crippen LogP contribution in [0.3, 0.4) is 0 Å². The van der Waals surface area contributed by atoms with Gasteiger partial charge in [-0.15, -0.1) is 0 Å². The summed E-state index contributed by atoms with van der Waals surface area (Å²) >= 11 is 0. The first kappa shape index (κ1) is 13.6. The van der Waals surface area contributed by atoms with Crippen molar-refractivity contribution >= 4 is 0 Å². The van der Waals surface area contributed by atoms with Crippen molar-refractivity contribution in [2.45, 2.75) is 51.2 Å². The fourth-order valence-electron chi connectivity index (χ4n) is 2.71. The smallest absolute Gasteiger partial charge is 0.0576 e. The summed E-state index contributed by atoms with van der Waals surface area (Å²) < 4.78 is 5.69. The third-order valence-corrected chi connectivity index (χ3v) is 4.00. The fourth-order valence-corrected chi connectivity index (χ4v) is 2.71. The summed E-state index contributed by atoms with van der Waals surface area (Å²) in [6.45, 7) is 3.16. The summed E-state index contributed by atoms with van der Waals surface area (Å²) in [5.41, 5.74) is 2.86. The van der Waals surface area contributed by atoms with Gasteiger partial charge in [-0.25, -0.2) is 0 Å². The van der Waals surface area contributed by atoms with Crippen molar-refractivity contribution in [3.8, 4) is 0 Å². The maximum Gasteiger partial charge on any atom is 0.0576 e. The number of nitrogens with one attached hydrogen (secondary N) is 1. The highest BCUT2D eigenvalue weighted by atomic mass is 16.5. The topological polar surface area (TPSA) is 21.3 Å². The predicted octanol–water partition coefficient (Wildman–Crippen LogP) is 3.08. The minimum atomic E-state index is 0.512. The molecule has 1 aliphatic rings. The number of benzene rings is 1. The van der Waals surface area contributed by atoms with Crippen LogP contribution < -0.4 is 5.32 Å². The zero-order valence-corrected chi connectivity index (χ0v) is 11.6. The standard InChI is InChI=1S/C16H25NO/c1-13-6-3-4-7-14(13)12-15(17-2)9-10-16-8-5-11-18-16/h3-4,6-7,15-17H,5,8-12H2,1-2H3. The Morgan fingerprint density at radius 3 is 2.89 bits per heavy atom. The maximum atomic E-state index is 5.69. The number of ether oxygens (including phenoxy) is 1. The molecule has 0 radical (unpaired) electrons. The average Bonchev–Trinajstić information content (AvgIpc) is 2.90. The quantitative estimate of drug-likeness (QED) is 0.834. The van der Waals surface area contributed by atoms with Gasteiger partial charge >= 0.3 is 0 Å². The highest BCUT2D eigenvalue weighted by molar-refractivity contribution is 5.26. The molecule has 1 saturated heterocycles. The largest absolute Gasteiger partial charge is 0.378 e. The Labute approximate surface area is 111 Å². The van der Waals surface area contributed by atoms with Crippen LogP contribution in [-0.4, -0.2) is 25.8 Å². The van der Waals surface area contributed by atoms with E-state index >= 15 is 0 Å². The second-order valence-electron chi connectivity index (χ2n) is 5.33. The Hall–Kier alpha value is -0.860. The molecular formula is C16H25NO. The lowest BCUT2D eigenvalue weighted by Crippen LogP contribution is -2.29. The number of rotatable bonds is 6. The Balaban J connectivity index is 1.83. The van der Waals surface area contributed by atoms with Gasteiger partial charge in [-0.3, -0.25) is 0 Å². The molecule has 2 unspecified atom stereocenters. The van der Waals surface area contributed by atoms with Crippen molar-refractivity contribution in [3.63, 3.8) is 0 Å². The first-order valence-corrected chi connectivity index (χ1v) is 7.13. The molecule has 0 aliphatic carbocycles. The lowest BCUT2D eigenvalue weighted by Gasteiger charge is -2.19. The molecule has 0 spiro atoms. The molecule has 18 heavy (non-hydrogen) atoms. The molecule has 2 nitrogen and oxygen atoms in total. The van der Waals surface area contributed by atoms with Crippen LogP contribution in [0.5, 0.6) is 0 Å². The van der Waals surface area contributed by atoms with Gasteiger partial charge in [0.1, 0.15) is 0 Å². The Morgan fingerprint density at radius 1 is 1.39 bits per heavy atom. The van der Waals surface area contributed by atoms with Crippen molar-refractivity contribution < 1.29 is 4.74 Å². The summed E-state index contributed by atoms with van der Waals surface area (Å²) in [7, 11) is 2.07. The first-order chi connectivity index (χ1) is 8.79. The van der Waals surface area contributed by atoms with Gasteiger partial charge in [-0.2, -0.15) is 0 Å². The SMILES string of the molecule is CNC(CCC1CCCO1)Cc1ccccc1C. The molecule has 100 valence electrons. The normalized spacial score (nSPS) is 21.1. The highest BCUT2D eigenvalue weighted by Gasteiger charge is 2.17. The summed E-state index contributed by atoms with van der Waals surface area (Å²) in [6, 6.07) is 9.25. The van der Waals surface area contributed by atoms with Gasteiger partial charge in [0, 0.05) is 12.6 Å². The minimum absolute atomic E-state index is 0.512. The van der Waals surface area contributed by atoms with Crippen molar-refractivity contribution in [2.75, 3.05) is 13.7 Å². The number of hydrogen-bond donors (Lipinski definition) is 1. The third-order valence-electron chi connectivity index (χ3n) is 4.00. The Kier molecular flexibility index (Phi) is 5.21. The number of aryl methyl sites for hydroxylation is 1. The van der Waals surface area contributed by atoms with Crippen LogP contribution in [0.15, 0.2) is 24.3 Å². The zero-order valence-electron chi connectivity index (χ0n) is 11.6. The van der Waals surface area contributed by atoms with Crippen LogP contribution in [0.25, 0.3) is 0 Å². The third kappa shape index (κ3) is 3.82. The van der Waals surface area contributed by atoms with E-state index < -0.39 is 0 Å². The maximum absolute atomic E-state index is 5.69. The van der Waals surface area contributed by atoms with Crippen molar-refractivity contribution in [2.24, 2.45) is 0 Å². The van der Waals surface area contributed by atoms with Gasteiger partial charge in [0.2, 0.25) is 0 Å². The van der Waals surface area contributed by atoms with Crippen LogP contribution in [0.4, 0.5) is 0 Å². The number of likely N-dealkylation sites (N-methyl/N-ethyl adjacent to an activating group) is 1. The molecule has 1 fully saturated rings. The van der Waals surface area contributed by atoms with Crippen LogP contribution in [0.1, 0.15) is 36.8 Å². The molecule has 0 saturated carbocycles. The molecule has 0 aromatic heterocycles. The highest BCUT2D eigenvalue weighted by Crippen LogP contribution is 2.19. The van der Waals surface area contributed by atoms with E-state index in [0.29, 0.717) is 12.1 Å². The molecule has 0 bridgehead atoms. The van der Waals surface area contributed by atoms with Gasteiger partial charge < -0.3 is 10.1 Å². The number of hydrogen-bond acceptors (Lipinski definition) is 2. The van der Waals surface area contributed by atoms with Gasteiger partial charge in [-0.05, 0) is 57.2 Å². The van der Waals surface area contributed by atoms with Gasteiger partial charge in [0.25, 0.3) is 0 Å². The minimum Gasteiger partial charge on any atom is -0.378 e. The zero-order chi connectivity index (χ0) is 12.8. The summed E-state index contributed by atoms with van der Waals surface area (Å²) in [5, 5.41) is 3.45.